The number of nitrogens with zero attached hydrogens (tertiary/aromatic N) is 2. The number of aliphatic hydroxyl groups excluding tert-OH is 1. The van der Waals surface area contributed by atoms with Gasteiger partial charge in [0.1, 0.15) is 17.3 Å². The van der Waals surface area contributed by atoms with E-state index in [1.807, 2.05) is 13.8 Å². The van der Waals surface area contributed by atoms with Crippen molar-refractivity contribution in [3.63, 3.8) is 0 Å². The Morgan fingerprint density at radius 3 is 2.35 bits per heavy atom. The lowest BCUT2D eigenvalue weighted by molar-refractivity contribution is -0.140. The van der Waals surface area contributed by atoms with Crippen molar-refractivity contribution in [2.45, 2.75) is 19.9 Å². The Bertz CT molecular complexity index is 983. The van der Waals surface area contributed by atoms with Crippen LogP contribution in [-0.4, -0.2) is 59.9 Å². The minimum atomic E-state index is -0.818. The molecule has 164 valence electrons. The van der Waals surface area contributed by atoms with Crippen LogP contribution in [0.3, 0.4) is 0 Å². The highest BCUT2D eigenvalue weighted by Gasteiger charge is 2.46. The van der Waals surface area contributed by atoms with Crippen LogP contribution < -0.4 is 4.74 Å². The lowest BCUT2D eigenvalue weighted by Crippen LogP contribution is -2.38. The quantitative estimate of drug-likeness (QED) is 0.397. The van der Waals surface area contributed by atoms with Crippen molar-refractivity contribution >= 4 is 17.4 Å². The second-order valence-electron chi connectivity index (χ2n) is 7.27. The predicted molar refractivity (Wildman–Crippen MR) is 116 cm³/mol. The molecular weight excluding hydrogens is 399 g/mol. The summed E-state index contributed by atoms with van der Waals surface area (Å²) in [5.74, 6) is -1.80. The third kappa shape index (κ3) is 4.46. The van der Waals surface area contributed by atoms with Gasteiger partial charge < -0.3 is 19.6 Å². The van der Waals surface area contributed by atoms with Gasteiger partial charge in [0, 0.05) is 13.1 Å². The number of likely N-dealkylation sites (N-methyl/N-ethyl adjacent to an activating group) is 1. The molecule has 1 amide bonds. The Balaban J connectivity index is 2.12. The fourth-order valence-electron chi connectivity index (χ4n) is 3.88. The molecule has 1 N–H and O–H groups in total. The standard InChI is InChI=1S/C24H27FN2O4/c1-4-26(5-2)14-15-27-21(16-10-12-17(25)13-11-16)20(23(29)24(27)30)22(28)18-8-6-7-9-19(18)31-3/h6-13,21,28H,4-5,14-15H2,1-3H3/b22-20+. The maximum Gasteiger partial charge on any atom is 0.295 e. The fraction of sp³-hybridized carbons (Fsp3) is 0.333. The summed E-state index contributed by atoms with van der Waals surface area (Å²) >= 11 is 0. The number of rotatable bonds is 8. The van der Waals surface area contributed by atoms with Gasteiger partial charge in [-0.05, 0) is 42.9 Å². The van der Waals surface area contributed by atoms with Gasteiger partial charge in [-0.1, -0.05) is 38.1 Å². The number of carbonyl (C=O) groups excluding carboxylic acids is 2. The Hall–Kier alpha value is -3.19. The van der Waals surface area contributed by atoms with Gasteiger partial charge in [-0.25, -0.2) is 4.39 Å². The molecule has 0 radical (unpaired) electrons. The van der Waals surface area contributed by atoms with Gasteiger partial charge in [0.2, 0.25) is 0 Å². The molecule has 0 aromatic heterocycles. The normalized spacial score (nSPS) is 18.1. The highest BCUT2D eigenvalue weighted by molar-refractivity contribution is 6.46. The molecule has 3 rings (SSSR count). The molecule has 1 aliphatic rings. The molecule has 1 saturated heterocycles. The lowest BCUT2D eigenvalue weighted by Gasteiger charge is -2.28. The Kier molecular flexibility index (Phi) is 7.07. The predicted octanol–water partition coefficient (Wildman–Crippen LogP) is 3.60. The van der Waals surface area contributed by atoms with Crippen molar-refractivity contribution in [2.75, 3.05) is 33.3 Å². The van der Waals surface area contributed by atoms with Gasteiger partial charge in [0.15, 0.2) is 0 Å². The molecule has 2 aromatic carbocycles. The summed E-state index contributed by atoms with van der Waals surface area (Å²) in [7, 11) is 1.46. The number of ketones is 1. The Labute approximate surface area is 181 Å². The van der Waals surface area contributed by atoms with Gasteiger partial charge in [-0.15, -0.1) is 0 Å². The number of hydrogen-bond acceptors (Lipinski definition) is 5. The number of carbonyl (C=O) groups is 2. The minimum Gasteiger partial charge on any atom is -0.507 e. The molecule has 1 heterocycles. The summed E-state index contributed by atoms with van der Waals surface area (Å²) in [6.45, 7) is 6.54. The summed E-state index contributed by atoms with van der Waals surface area (Å²) in [5, 5.41) is 11.1. The SMILES string of the molecule is CCN(CC)CCN1C(=O)C(=O)/C(=C(/O)c2ccccc2OC)C1c1ccc(F)cc1. The van der Waals surface area contributed by atoms with Crippen LogP contribution in [0.4, 0.5) is 4.39 Å². The highest BCUT2D eigenvalue weighted by atomic mass is 19.1. The molecule has 1 fully saturated rings. The van der Waals surface area contributed by atoms with Gasteiger partial charge in [0.25, 0.3) is 11.7 Å². The van der Waals surface area contributed by atoms with E-state index in [2.05, 4.69) is 4.90 Å². The van der Waals surface area contributed by atoms with Crippen LogP contribution in [0.15, 0.2) is 54.1 Å². The first-order valence-corrected chi connectivity index (χ1v) is 10.3. The molecule has 1 unspecified atom stereocenters. The molecule has 0 spiro atoms. The molecule has 31 heavy (non-hydrogen) atoms. The second kappa shape index (κ2) is 9.75. The number of Topliss-reactive ketones (excluding diaryl/α,β-unsaturated/α-hetero) is 1. The van der Waals surface area contributed by atoms with E-state index >= 15 is 0 Å². The zero-order valence-corrected chi connectivity index (χ0v) is 18.0. The first kappa shape index (κ1) is 22.5. The van der Waals surface area contributed by atoms with Crippen LogP contribution in [0.5, 0.6) is 5.75 Å². The number of benzene rings is 2. The average molecular weight is 426 g/mol. The molecule has 1 aliphatic heterocycles. The molecule has 7 heteroatoms. The van der Waals surface area contributed by atoms with Crippen LogP contribution in [0.2, 0.25) is 0 Å². The van der Waals surface area contributed by atoms with Crippen LogP contribution in [0, 0.1) is 5.82 Å². The maximum absolute atomic E-state index is 13.6. The van der Waals surface area contributed by atoms with Crippen LogP contribution in [0.1, 0.15) is 31.0 Å². The largest absolute Gasteiger partial charge is 0.507 e. The van der Waals surface area contributed by atoms with Crippen molar-refractivity contribution in [3.05, 3.63) is 71.0 Å². The van der Waals surface area contributed by atoms with E-state index in [1.165, 1.54) is 36.3 Å². The number of halogens is 1. The Morgan fingerprint density at radius 2 is 1.74 bits per heavy atom. The molecule has 2 aromatic rings. The number of hydrogen-bond donors (Lipinski definition) is 1. The summed E-state index contributed by atoms with van der Waals surface area (Å²) in [6.07, 6.45) is 0. The summed E-state index contributed by atoms with van der Waals surface area (Å²) in [4.78, 5) is 29.6. The van der Waals surface area contributed by atoms with Crippen molar-refractivity contribution < 1.29 is 23.8 Å². The monoisotopic (exact) mass is 426 g/mol. The first-order chi connectivity index (χ1) is 14.9. The second-order valence-corrected chi connectivity index (χ2v) is 7.27. The summed E-state index contributed by atoms with van der Waals surface area (Å²) in [6, 6.07) is 11.6. The third-order valence-corrected chi connectivity index (χ3v) is 5.64. The van der Waals surface area contributed by atoms with E-state index in [0.717, 1.165) is 13.1 Å². The van der Waals surface area contributed by atoms with Crippen molar-refractivity contribution in [1.82, 2.24) is 9.80 Å². The smallest absolute Gasteiger partial charge is 0.295 e. The van der Waals surface area contributed by atoms with E-state index < -0.39 is 23.5 Å². The number of ether oxygens (including phenoxy) is 1. The minimum absolute atomic E-state index is 0.0272. The van der Waals surface area contributed by atoms with Crippen LogP contribution >= 0.6 is 0 Å². The van der Waals surface area contributed by atoms with Crippen molar-refractivity contribution in [1.29, 1.82) is 0 Å². The number of aliphatic hydroxyl groups is 1. The zero-order valence-electron chi connectivity index (χ0n) is 18.0. The van der Waals surface area contributed by atoms with E-state index in [4.69, 9.17) is 4.74 Å². The van der Waals surface area contributed by atoms with Crippen LogP contribution in [0.25, 0.3) is 5.76 Å². The molecule has 0 bridgehead atoms. The lowest BCUT2D eigenvalue weighted by atomic mass is 9.95. The van der Waals surface area contributed by atoms with Crippen molar-refractivity contribution in [3.8, 4) is 5.75 Å². The maximum atomic E-state index is 13.6. The molecule has 0 aliphatic carbocycles. The summed E-state index contributed by atoms with van der Waals surface area (Å²) in [5.41, 5.74) is 0.844. The van der Waals surface area contributed by atoms with Gasteiger partial charge in [-0.3, -0.25) is 9.59 Å². The highest BCUT2D eigenvalue weighted by Crippen LogP contribution is 2.40. The zero-order chi connectivity index (χ0) is 22.5. The van der Waals surface area contributed by atoms with Gasteiger partial charge in [0.05, 0.1) is 24.3 Å². The Morgan fingerprint density at radius 1 is 1.10 bits per heavy atom. The van der Waals surface area contributed by atoms with E-state index in [-0.39, 0.29) is 11.3 Å². The van der Waals surface area contributed by atoms with Crippen molar-refractivity contribution in [2.24, 2.45) is 0 Å². The third-order valence-electron chi connectivity index (χ3n) is 5.64. The fourth-order valence-corrected chi connectivity index (χ4v) is 3.88. The molecular formula is C24H27FN2O4. The number of para-hydroxylation sites is 1. The topological polar surface area (TPSA) is 70.1 Å². The molecule has 6 nitrogen and oxygen atoms in total. The molecule has 0 saturated carbocycles. The van der Waals surface area contributed by atoms with E-state index in [9.17, 15) is 19.1 Å². The van der Waals surface area contributed by atoms with Gasteiger partial charge in [-0.2, -0.15) is 0 Å². The van der Waals surface area contributed by atoms with Crippen LogP contribution in [-0.2, 0) is 9.59 Å². The van der Waals surface area contributed by atoms with E-state index in [1.54, 1.807) is 24.3 Å². The molecule has 1 atom stereocenters. The van der Waals surface area contributed by atoms with Gasteiger partial charge >= 0.3 is 0 Å². The number of methoxy groups -OCH3 is 1. The average Bonchev–Trinajstić information content (AvgIpc) is 3.04. The number of likely N-dealkylation sites (tertiary alicyclic amines) is 1. The van der Waals surface area contributed by atoms with E-state index in [0.29, 0.717) is 30.0 Å². The first-order valence-electron chi connectivity index (χ1n) is 10.3. The summed E-state index contributed by atoms with van der Waals surface area (Å²) < 4.78 is 18.9. The number of amides is 1.